The lowest BCUT2D eigenvalue weighted by molar-refractivity contribution is 0.0979. The van der Waals surface area contributed by atoms with Crippen LogP contribution in [0.5, 0.6) is 0 Å². The zero-order valence-corrected chi connectivity index (χ0v) is 13.5. The van der Waals surface area contributed by atoms with Gasteiger partial charge in [-0.2, -0.15) is 0 Å². The van der Waals surface area contributed by atoms with Crippen LogP contribution in [0.3, 0.4) is 0 Å². The molecule has 1 nitrogen and oxygen atoms in total. The molecule has 0 heterocycles. The van der Waals surface area contributed by atoms with Crippen molar-refractivity contribution in [1.29, 1.82) is 0 Å². The van der Waals surface area contributed by atoms with E-state index < -0.39 is 0 Å². The van der Waals surface area contributed by atoms with E-state index in [9.17, 15) is 4.79 Å². The molecule has 0 amide bonds. The summed E-state index contributed by atoms with van der Waals surface area (Å²) in [7, 11) is 0. The van der Waals surface area contributed by atoms with Crippen molar-refractivity contribution >= 4 is 5.78 Å². The maximum absolute atomic E-state index is 12.1. The van der Waals surface area contributed by atoms with E-state index in [0.29, 0.717) is 18.1 Å². The first-order chi connectivity index (χ1) is 9.63. The third-order valence-corrected chi connectivity index (χ3v) is 3.68. The van der Waals surface area contributed by atoms with Crippen molar-refractivity contribution in [1.82, 2.24) is 0 Å². The summed E-state index contributed by atoms with van der Waals surface area (Å²) in [6.07, 6.45) is 9.21. The van der Waals surface area contributed by atoms with Crippen LogP contribution in [0.1, 0.15) is 81.6 Å². The highest BCUT2D eigenvalue weighted by Crippen LogP contribution is 2.13. The summed E-state index contributed by atoms with van der Waals surface area (Å²) in [6.45, 7) is 6.67. The van der Waals surface area contributed by atoms with E-state index in [1.807, 2.05) is 12.1 Å². The van der Waals surface area contributed by atoms with Crippen LogP contribution in [-0.4, -0.2) is 5.78 Å². The molecule has 0 bridgehead atoms. The highest BCUT2D eigenvalue weighted by molar-refractivity contribution is 5.96. The third kappa shape index (κ3) is 6.88. The standard InChI is InChI=1S/C19H30O/c1-4-5-6-7-8-9-10-19(20)18-13-11-17(12-14-18)15-16(2)3/h11-14,16H,4-10,15H2,1-3H3. The zero-order chi connectivity index (χ0) is 14.8. The molecule has 1 aromatic rings. The Kier molecular flexibility index (Phi) is 8.25. The monoisotopic (exact) mass is 274 g/mol. The minimum Gasteiger partial charge on any atom is -0.294 e. The number of unbranched alkanes of at least 4 members (excludes halogenated alkanes) is 5. The van der Waals surface area contributed by atoms with Crippen molar-refractivity contribution in [3.05, 3.63) is 35.4 Å². The van der Waals surface area contributed by atoms with E-state index in [1.54, 1.807) is 0 Å². The molecule has 20 heavy (non-hydrogen) atoms. The van der Waals surface area contributed by atoms with Crippen molar-refractivity contribution in [2.24, 2.45) is 5.92 Å². The Hall–Kier alpha value is -1.11. The fourth-order valence-corrected chi connectivity index (χ4v) is 2.51. The lowest BCUT2D eigenvalue weighted by Crippen LogP contribution is -2.00. The summed E-state index contributed by atoms with van der Waals surface area (Å²) in [6, 6.07) is 8.21. The first-order valence-corrected chi connectivity index (χ1v) is 8.25. The highest BCUT2D eigenvalue weighted by atomic mass is 16.1. The summed E-state index contributed by atoms with van der Waals surface area (Å²) >= 11 is 0. The van der Waals surface area contributed by atoms with Gasteiger partial charge in [0.2, 0.25) is 0 Å². The predicted molar refractivity (Wildman–Crippen MR) is 87.3 cm³/mol. The molecule has 112 valence electrons. The molecule has 0 aliphatic heterocycles. The fraction of sp³-hybridized carbons (Fsp3) is 0.632. The van der Waals surface area contributed by atoms with Gasteiger partial charge in [-0.25, -0.2) is 0 Å². The smallest absolute Gasteiger partial charge is 0.162 e. The molecule has 0 aliphatic carbocycles. The summed E-state index contributed by atoms with van der Waals surface area (Å²) in [4.78, 5) is 12.1. The number of carbonyl (C=O) groups is 1. The summed E-state index contributed by atoms with van der Waals surface area (Å²) in [5.74, 6) is 0.969. The van der Waals surface area contributed by atoms with Gasteiger partial charge in [0.1, 0.15) is 0 Å². The van der Waals surface area contributed by atoms with E-state index in [-0.39, 0.29) is 0 Å². The fourth-order valence-electron chi connectivity index (χ4n) is 2.51. The molecular formula is C19H30O. The molecule has 0 N–H and O–H groups in total. The molecular weight excluding hydrogens is 244 g/mol. The van der Waals surface area contributed by atoms with E-state index in [1.165, 1.54) is 37.7 Å². The van der Waals surface area contributed by atoms with Gasteiger partial charge in [-0.05, 0) is 24.3 Å². The van der Waals surface area contributed by atoms with E-state index in [4.69, 9.17) is 0 Å². The number of rotatable bonds is 10. The Morgan fingerprint density at radius 3 is 2.15 bits per heavy atom. The molecule has 0 aliphatic rings. The largest absolute Gasteiger partial charge is 0.294 e. The van der Waals surface area contributed by atoms with Crippen LogP contribution in [0, 0.1) is 5.92 Å². The van der Waals surface area contributed by atoms with Crippen LogP contribution in [0.4, 0.5) is 0 Å². The molecule has 0 unspecified atom stereocenters. The van der Waals surface area contributed by atoms with Crippen LogP contribution < -0.4 is 0 Å². The number of ketones is 1. The number of benzene rings is 1. The summed E-state index contributed by atoms with van der Waals surface area (Å²) < 4.78 is 0. The van der Waals surface area contributed by atoms with Crippen molar-refractivity contribution in [3.63, 3.8) is 0 Å². The van der Waals surface area contributed by atoms with Gasteiger partial charge in [-0.1, -0.05) is 77.1 Å². The average Bonchev–Trinajstić information content (AvgIpc) is 2.42. The molecule has 0 saturated heterocycles. The van der Waals surface area contributed by atoms with Gasteiger partial charge in [0, 0.05) is 12.0 Å². The summed E-state index contributed by atoms with van der Waals surface area (Å²) in [5, 5.41) is 0. The quantitative estimate of drug-likeness (QED) is 0.388. The van der Waals surface area contributed by atoms with Gasteiger partial charge in [0.05, 0.1) is 0 Å². The molecule has 0 atom stereocenters. The average molecular weight is 274 g/mol. The topological polar surface area (TPSA) is 17.1 Å². The Balaban J connectivity index is 2.29. The Morgan fingerprint density at radius 1 is 0.950 bits per heavy atom. The van der Waals surface area contributed by atoms with E-state index in [0.717, 1.165) is 18.4 Å². The molecule has 0 spiro atoms. The molecule has 0 aromatic heterocycles. The number of hydrogen-bond acceptors (Lipinski definition) is 1. The molecule has 1 rings (SSSR count). The summed E-state index contributed by atoms with van der Waals surface area (Å²) in [5.41, 5.74) is 2.21. The van der Waals surface area contributed by atoms with E-state index >= 15 is 0 Å². The molecule has 1 heteroatoms. The van der Waals surface area contributed by atoms with Crippen molar-refractivity contribution in [2.45, 2.75) is 72.1 Å². The third-order valence-electron chi connectivity index (χ3n) is 3.68. The second-order valence-electron chi connectivity index (χ2n) is 6.24. The van der Waals surface area contributed by atoms with Gasteiger partial charge in [0.25, 0.3) is 0 Å². The minimum atomic E-state index is 0.302. The van der Waals surface area contributed by atoms with Crippen LogP contribution in [0.25, 0.3) is 0 Å². The second kappa shape index (κ2) is 9.74. The molecule has 0 radical (unpaired) electrons. The van der Waals surface area contributed by atoms with Gasteiger partial charge >= 0.3 is 0 Å². The lowest BCUT2D eigenvalue weighted by Gasteiger charge is -2.06. The van der Waals surface area contributed by atoms with Crippen LogP contribution >= 0.6 is 0 Å². The zero-order valence-electron chi connectivity index (χ0n) is 13.5. The van der Waals surface area contributed by atoms with Crippen LogP contribution in [0.15, 0.2) is 24.3 Å². The van der Waals surface area contributed by atoms with Gasteiger partial charge in [0.15, 0.2) is 5.78 Å². The Bertz CT molecular complexity index is 375. The molecule has 0 saturated carbocycles. The minimum absolute atomic E-state index is 0.302. The maximum atomic E-state index is 12.1. The van der Waals surface area contributed by atoms with Gasteiger partial charge < -0.3 is 0 Å². The first-order valence-electron chi connectivity index (χ1n) is 8.25. The molecule has 1 aromatic carbocycles. The van der Waals surface area contributed by atoms with Crippen LogP contribution in [0.2, 0.25) is 0 Å². The van der Waals surface area contributed by atoms with Gasteiger partial charge in [-0.15, -0.1) is 0 Å². The maximum Gasteiger partial charge on any atom is 0.162 e. The molecule has 0 fully saturated rings. The SMILES string of the molecule is CCCCCCCCC(=O)c1ccc(CC(C)C)cc1. The van der Waals surface area contributed by atoms with Crippen molar-refractivity contribution in [2.75, 3.05) is 0 Å². The van der Waals surface area contributed by atoms with E-state index in [2.05, 4.69) is 32.9 Å². The van der Waals surface area contributed by atoms with Gasteiger partial charge in [-0.3, -0.25) is 4.79 Å². The highest BCUT2D eigenvalue weighted by Gasteiger charge is 2.06. The first kappa shape index (κ1) is 16.9. The van der Waals surface area contributed by atoms with Crippen molar-refractivity contribution < 1.29 is 4.79 Å². The Morgan fingerprint density at radius 2 is 1.55 bits per heavy atom. The van der Waals surface area contributed by atoms with Crippen LogP contribution in [-0.2, 0) is 6.42 Å². The number of Topliss-reactive ketones (excluding diaryl/α,β-unsaturated/α-hetero) is 1. The van der Waals surface area contributed by atoms with Crippen molar-refractivity contribution in [3.8, 4) is 0 Å². The number of carbonyl (C=O) groups excluding carboxylic acids is 1. The predicted octanol–water partition coefficient (Wildman–Crippen LogP) is 5.82. The lowest BCUT2D eigenvalue weighted by atomic mass is 9.99. The number of hydrogen-bond donors (Lipinski definition) is 0. The Labute approximate surface area is 124 Å². The second-order valence-corrected chi connectivity index (χ2v) is 6.24. The normalized spacial score (nSPS) is 11.0.